The zero-order valence-electron chi connectivity index (χ0n) is 15.4. The number of hydrogen-bond donors (Lipinski definition) is 2. The number of nitrogens with zero attached hydrogens (tertiary/aromatic N) is 4. The molecule has 26 heavy (non-hydrogen) atoms. The van der Waals surface area contributed by atoms with Crippen LogP contribution in [0.3, 0.4) is 0 Å². The molecule has 1 aromatic carbocycles. The SMILES string of the molecule is CC.Cc1ncc(-c2ccc(-c3ncc(-c4cnc(C)[nH]4)cn3)cc2)[nH]1. The molecule has 3 heterocycles. The summed E-state index contributed by atoms with van der Waals surface area (Å²) in [6, 6.07) is 8.11. The topological polar surface area (TPSA) is 83.1 Å². The number of aryl methyl sites for hydroxylation is 2. The van der Waals surface area contributed by atoms with Gasteiger partial charge in [0.15, 0.2) is 5.82 Å². The van der Waals surface area contributed by atoms with E-state index in [1.807, 2.05) is 58.2 Å². The summed E-state index contributed by atoms with van der Waals surface area (Å²) < 4.78 is 0. The van der Waals surface area contributed by atoms with Crippen LogP contribution < -0.4 is 0 Å². The molecular formula is C20H22N6. The van der Waals surface area contributed by atoms with Crippen molar-refractivity contribution in [3.05, 3.63) is 60.7 Å². The molecule has 0 unspecified atom stereocenters. The van der Waals surface area contributed by atoms with Gasteiger partial charge in [-0.1, -0.05) is 38.1 Å². The van der Waals surface area contributed by atoms with Crippen molar-refractivity contribution in [1.82, 2.24) is 29.9 Å². The van der Waals surface area contributed by atoms with Crippen molar-refractivity contribution in [2.75, 3.05) is 0 Å². The van der Waals surface area contributed by atoms with Crippen molar-refractivity contribution >= 4 is 0 Å². The van der Waals surface area contributed by atoms with E-state index in [0.29, 0.717) is 5.82 Å². The third-order valence-corrected chi connectivity index (χ3v) is 3.82. The van der Waals surface area contributed by atoms with Crippen molar-refractivity contribution in [2.45, 2.75) is 27.7 Å². The molecule has 0 aliphatic carbocycles. The second-order valence-corrected chi connectivity index (χ2v) is 5.64. The first-order valence-electron chi connectivity index (χ1n) is 8.65. The molecule has 0 saturated carbocycles. The van der Waals surface area contributed by atoms with E-state index in [1.54, 1.807) is 18.6 Å². The highest BCUT2D eigenvalue weighted by atomic mass is 14.9. The Labute approximate surface area is 152 Å². The Balaban J connectivity index is 0.000000948. The molecule has 4 aromatic rings. The first-order chi connectivity index (χ1) is 12.7. The first kappa shape index (κ1) is 17.5. The fourth-order valence-corrected chi connectivity index (χ4v) is 2.55. The maximum atomic E-state index is 4.46. The molecule has 6 nitrogen and oxygen atoms in total. The third-order valence-electron chi connectivity index (χ3n) is 3.82. The quantitative estimate of drug-likeness (QED) is 0.569. The fourth-order valence-electron chi connectivity index (χ4n) is 2.55. The number of hydrogen-bond acceptors (Lipinski definition) is 4. The summed E-state index contributed by atoms with van der Waals surface area (Å²) in [7, 11) is 0. The Morgan fingerprint density at radius 3 is 1.50 bits per heavy atom. The van der Waals surface area contributed by atoms with Gasteiger partial charge in [0, 0.05) is 23.5 Å². The van der Waals surface area contributed by atoms with E-state index < -0.39 is 0 Å². The van der Waals surface area contributed by atoms with Crippen LogP contribution in [-0.4, -0.2) is 29.9 Å². The lowest BCUT2D eigenvalue weighted by Crippen LogP contribution is -1.90. The molecule has 0 amide bonds. The molecule has 0 aliphatic heterocycles. The normalized spacial score (nSPS) is 10.3. The summed E-state index contributed by atoms with van der Waals surface area (Å²) in [4.78, 5) is 23.8. The van der Waals surface area contributed by atoms with Gasteiger partial charge in [0.25, 0.3) is 0 Å². The highest BCUT2D eigenvalue weighted by Crippen LogP contribution is 2.23. The Morgan fingerprint density at radius 1 is 0.577 bits per heavy atom. The van der Waals surface area contributed by atoms with Crippen LogP contribution in [0.2, 0.25) is 0 Å². The second-order valence-electron chi connectivity index (χ2n) is 5.64. The van der Waals surface area contributed by atoms with Crippen LogP contribution in [0, 0.1) is 13.8 Å². The van der Waals surface area contributed by atoms with Crippen LogP contribution in [0.15, 0.2) is 49.1 Å². The highest BCUT2D eigenvalue weighted by Gasteiger charge is 2.06. The Bertz CT molecular complexity index is 882. The molecule has 0 fully saturated rings. The van der Waals surface area contributed by atoms with E-state index in [-0.39, 0.29) is 0 Å². The monoisotopic (exact) mass is 346 g/mol. The Hall–Kier alpha value is -3.28. The summed E-state index contributed by atoms with van der Waals surface area (Å²) in [5, 5.41) is 0. The average molecular weight is 346 g/mol. The molecule has 2 N–H and O–H groups in total. The van der Waals surface area contributed by atoms with Gasteiger partial charge >= 0.3 is 0 Å². The van der Waals surface area contributed by atoms with E-state index in [0.717, 1.165) is 39.7 Å². The highest BCUT2D eigenvalue weighted by molar-refractivity contribution is 5.65. The number of imidazole rings is 2. The maximum Gasteiger partial charge on any atom is 0.159 e. The van der Waals surface area contributed by atoms with E-state index in [9.17, 15) is 0 Å². The van der Waals surface area contributed by atoms with Gasteiger partial charge in [-0.25, -0.2) is 19.9 Å². The summed E-state index contributed by atoms with van der Waals surface area (Å²) in [5.41, 5.74) is 4.91. The van der Waals surface area contributed by atoms with Gasteiger partial charge < -0.3 is 9.97 Å². The van der Waals surface area contributed by atoms with Gasteiger partial charge in [0.05, 0.1) is 23.8 Å². The van der Waals surface area contributed by atoms with E-state index in [1.165, 1.54) is 0 Å². The smallest absolute Gasteiger partial charge is 0.159 e. The van der Waals surface area contributed by atoms with Crippen molar-refractivity contribution < 1.29 is 0 Å². The molecule has 3 aromatic heterocycles. The number of benzene rings is 1. The molecular weight excluding hydrogens is 324 g/mol. The van der Waals surface area contributed by atoms with Crippen LogP contribution >= 0.6 is 0 Å². The van der Waals surface area contributed by atoms with Crippen molar-refractivity contribution in [3.63, 3.8) is 0 Å². The lowest BCUT2D eigenvalue weighted by Gasteiger charge is -2.03. The predicted molar refractivity (Wildman–Crippen MR) is 103 cm³/mol. The van der Waals surface area contributed by atoms with Gasteiger partial charge in [-0.2, -0.15) is 0 Å². The zero-order chi connectivity index (χ0) is 18.5. The van der Waals surface area contributed by atoms with E-state index in [4.69, 9.17) is 0 Å². The van der Waals surface area contributed by atoms with Gasteiger partial charge in [0.1, 0.15) is 11.6 Å². The van der Waals surface area contributed by atoms with E-state index >= 15 is 0 Å². The molecule has 0 spiro atoms. The third kappa shape index (κ3) is 3.69. The molecule has 4 rings (SSSR count). The standard InChI is InChI=1S/C18H16N6.C2H6/c1-11-19-9-16(23-11)13-3-5-14(6-4-13)18-21-7-15(8-22-18)17-10-20-12(2)24-17;1-2/h3-10H,1-2H3,(H,19,23)(H,20,24);1-2H3. The lowest BCUT2D eigenvalue weighted by atomic mass is 10.1. The minimum atomic E-state index is 0.697. The second kappa shape index (κ2) is 7.74. The molecule has 0 aliphatic rings. The van der Waals surface area contributed by atoms with Crippen LogP contribution in [0.5, 0.6) is 0 Å². The van der Waals surface area contributed by atoms with Crippen molar-refractivity contribution in [3.8, 4) is 33.9 Å². The van der Waals surface area contributed by atoms with Gasteiger partial charge in [0.2, 0.25) is 0 Å². The number of aromatic amines is 2. The molecule has 0 radical (unpaired) electrons. The van der Waals surface area contributed by atoms with E-state index in [2.05, 4.69) is 29.9 Å². The average Bonchev–Trinajstić information content (AvgIpc) is 3.32. The first-order valence-corrected chi connectivity index (χ1v) is 8.65. The fraction of sp³-hybridized carbons (Fsp3) is 0.200. The van der Waals surface area contributed by atoms with Gasteiger partial charge in [-0.05, 0) is 19.4 Å². The maximum absolute atomic E-state index is 4.46. The largest absolute Gasteiger partial charge is 0.342 e. The van der Waals surface area contributed by atoms with Gasteiger partial charge in [-0.3, -0.25) is 0 Å². The van der Waals surface area contributed by atoms with Crippen LogP contribution in [-0.2, 0) is 0 Å². The number of aromatic nitrogens is 6. The number of nitrogens with one attached hydrogen (secondary N) is 2. The number of rotatable bonds is 3. The molecule has 0 bridgehead atoms. The molecule has 132 valence electrons. The summed E-state index contributed by atoms with van der Waals surface area (Å²) in [6.45, 7) is 7.86. The Morgan fingerprint density at radius 2 is 1.04 bits per heavy atom. The minimum absolute atomic E-state index is 0.697. The van der Waals surface area contributed by atoms with Crippen molar-refractivity contribution in [2.24, 2.45) is 0 Å². The van der Waals surface area contributed by atoms with Crippen molar-refractivity contribution in [1.29, 1.82) is 0 Å². The minimum Gasteiger partial charge on any atom is -0.342 e. The predicted octanol–water partition coefficient (Wildman–Crippen LogP) is 4.57. The Kier molecular flexibility index (Phi) is 5.22. The summed E-state index contributed by atoms with van der Waals surface area (Å²) >= 11 is 0. The van der Waals surface area contributed by atoms with Crippen LogP contribution in [0.4, 0.5) is 0 Å². The number of H-pyrrole nitrogens is 2. The molecule has 6 heteroatoms. The van der Waals surface area contributed by atoms with Crippen LogP contribution in [0.1, 0.15) is 25.5 Å². The van der Waals surface area contributed by atoms with Crippen LogP contribution in [0.25, 0.3) is 33.9 Å². The summed E-state index contributed by atoms with van der Waals surface area (Å²) in [6.07, 6.45) is 7.24. The molecule has 0 atom stereocenters. The lowest BCUT2D eigenvalue weighted by molar-refractivity contribution is 1.14. The molecule has 0 saturated heterocycles. The van der Waals surface area contributed by atoms with Gasteiger partial charge in [-0.15, -0.1) is 0 Å². The summed E-state index contributed by atoms with van der Waals surface area (Å²) in [5.74, 6) is 2.48. The zero-order valence-corrected chi connectivity index (χ0v) is 15.4.